The molecule has 6 nitrogen and oxygen atoms in total. The van der Waals surface area contributed by atoms with Crippen molar-refractivity contribution in [1.29, 1.82) is 0 Å². The minimum Gasteiger partial charge on any atom is -0.496 e. The van der Waals surface area contributed by atoms with Gasteiger partial charge in [0.05, 0.1) is 40.0 Å². The van der Waals surface area contributed by atoms with Crippen LogP contribution in [0.1, 0.15) is 23.6 Å². The van der Waals surface area contributed by atoms with Gasteiger partial charge in [0, 0.05) is 11.6 Å². The molecule has 1 heterocycles. The predicted octanol–water partition coefficient (Wildman–Crippen LogP) is 3.02. The van der Waals surface area contributed by atoms with E-state index >= 15 is 0 Å². The average Bonchev–Trinajstić information content (AvgIpc) is 2.66. The summed E-state index contributed by atoms with van der Waals surface area (Å²) in [4.78, 5) is 11.9. The van der Waals surface area contributed by atoms with Crippen LogP contribution in [0.4, 0.5) is 0 Å². The van der Waals surface area contributed by atoms with Gasteiger partial charge in [-0.25, -0.2) is 5.01 Å². The Labute approximate surface area is 146 Å². The third-order valence-electron chi connectivity index (χ3n) is 4.16. The van der Waals surface area contributed by atoms with Crippen LogP contribution < -0.4 is 14.2 Å². The third kappa shape index (κ3) is 3.28. The molecule has 1 aliphatic rings. The summed E-state index contributed by atoms with van der Waals surface area (Å²) in [7, 11) is 4.70. The average molecular weight is 340 g/mol. The smallest absolute Gasteiger partial charge is 0.245 e. The summed E-state index contributed by atoms with van der Waals surface area (Å²) >= 11 is 0. The number of methoxy groups -OCH3 is 3. The Morgan fingerprint density at radius 2 is 1.64 bits per heavy atom. The maximum atomic E-state index is 11.9. The summed E-state index contributed by atoms with van der Waals surface area (Å²) in [5, 5.41) is 5.85. The van der Waals surface area contributed by atoms with Gasteiger partial charge in [0.2, 0.25) is 5.91 Å². The molecule has 1 atom stereocenters. The second-order valence-corrected chi connectivity index (χ2v) is 5.56. The Morgan fingerprint density at radius 3 is 2.24 bits per heavy atom. The zero-order valence-electron chi connectivity index (χ0n) is 14.4. The zero-order valence-corrected chi connectivity index (χ0v) is 14.4. The number of carbonyl (C=O) groups excluding carboxylic acids is 1. The largest absolute Gasteiger partial charge is 0.496 e. The van der Waals surface area contributed by atoms with Gasteiger partial charge < -0.3 is 14.2 Å². The molecule has 25 heavy (non-hydrogen) atoms. The number of hydrazone groups is 1. The monoisotopic (exact) mass is 340 g/mol. The molecule has 130 valence electrons. The Morgan fingerprint density at radius 1 is 1.00 bits per heavy atom. The number of hydrogen-bond acceptors (Lipinski definition) is 5. The number of β-lactam (4-membered cyclic amide) rings is 1. The highest BCUT2D eigenvalue weighted by molar-refractivity contribution is 5.88. The van der Waals surface area contributed by atoms with Crippen LogP contribution in [0, 0.1) is 0 Å². The topological polar surface area (TPSA) is 60.4 Å². The van der Waals surface area contributed by atoms with Gasteiger partial charge in [0.1, 0.15) is 5.75 Å². The Hall–Kier alpha value is -3.02. The number of hydrogen-bond donors (Lipinski definition) is 0. The fourth-order valence-electron chi connectivity index (χ4n) is 2.76. The van der Waals surface area contributed by atoms with E-state index in [0.29, 0.717) is 29.2 Å². The first-order valence-electron chi connectivity index (χ1n) is 7.89. The van der Waals surface area contributed by atoms with E-state index in [0.717, 1.165) is 5.56 Å². The van der Waals surface area contributed by atoms with E-state index in [2.05, 4.69) is 5.10 Å². The first-order valence-corrected chi connectivity index (χ1v) is 7.89. The zero-order chi connectivity index (χ0) is 17.8. The summed E-state index contributed by atoms with van der Waals surface area (Å²) in [6.07, 6.45) is 2.07. The number of amides is 1. The molecule has 0 aromatic heterocycles. The molecule has 0 unspecified atom stereocenters. The van der Waals surface area contributed by atoms with Gasteiger partial charge in [-0.2, -0.15) is 5.10 Å². The Bertz CT molecular complexity index is 790. The molecule has 0 saturated carbocycles. The molecule has 1 amide bonds. The van der Waals surface area contributed by atoms with Crippen LogP contribution in [-0.4, -0.2) is 38.5 Å². The SMILES string of the molecule is COc1cc(OC)c(OC)cc1/C=N\N1C(=O)C[C@H]1c1ccccc1. The number of carbonyl (C=O) groups is 1. The van der Waals surface area contributed by atoms with E-state index in [1.807, 2.05) is 30.3 Å². The summed E-state index contributed by atoms with van der Waals surface area (Å²) in [5.74, 6) is 1.72. The highest BCUT2D eigenvalue weighted by atomic mass is 16.5. The van der Waals surface area contributed by atoms with Crippen molar-refractivity contribution in [2.24, 2.45) is 5.10 Å². The van der Waals surface area contributed by atoms with Gasteiger partial charge in [0.25, 0.3) is 0 Å². The quantitative estimate of drug-likeness (QED) is 0.599. The van der Waals surface area contributed by atoms with Crippen LogP contribution in [0.2, 0.25) is 0 Å². The van der Waals surface area contributed by atoms with Gasteiger partial charge >= 0.3 is 0 Å². The fourth-order valence-corrected chi connectivity index (χ4v) is 2.76. The molecule has 1 aliphatic heterocycles. The van der Waals surface area contributed by atoms with Crippen molar-refractivity contribution in [2.75, 3.05) is 21.3 Å². The van der Waals surface area contributed by atoms with Crippen LogP contribution in [0.25, 0.3) is 0 Å². The second kappa shape index (κ2) is 7.25. The van der Waals surface area contributed by atoms with E-state index in [-0.39, 0.29) is 11.9 Å². The maximum absolute atomic E-state index is 11.9. The lowest BCUT2D eigenvalue weighted by Gasteiger charge is -2.36. The summed E-state index contributed by atoms with van der Waals surface area (Å²) < 4.78 is 16.0. The molecular formula is C19H20N2O4. The van der Waals surface area contributed by atoms with E-state index in [4.69, 9.17) is 14.2 Å². The highest BCUT2D eigenvalue weighted by Gasteiger charge is 2.37. The summed E-state index contributed by atoms with van der Waals surface area (Å²) in [6.45, 7) is 0. The van der Waals surface area contributed by atoms with Gasteiger partial charge in [-0.3, -0.25) is 4.79 Å². The molecule has 6 heteroatoms. The summed E-state index contributed by atoms with van der Waals surface area (Å²) in [5.41, 5.74) is 1.77. The predicted molar refractivity (Wildman–Crippen MR) is 94.3 cm³/mol. The van der Waals surface area contributed by atoms with Gasteiger partial charge in [0.15, 0.2) is 11.5 Å². The standard InChI is InChI=1S/C19H20N2O4/c1-23-16-11-18(25-3)17(24-2)9-14(16)12-20-21-15(10-19(21)22)13-7-5-4-6-8-13/h4-9,11-12,15H,10H2,1-3H3/b20-12-/t15-/m0/s1. The van der Waals surface area contributed by atoms with Crippen molar-refractivity contribution in [3.05, 3.63) is 53.6 Å². The molecule has 0 bridgehead atoms. The van der Waals surface area contributed by atoms with Crippen molar-refractivity contribution in [3.63, 3.8) is 0 Å². The molecule has 1 fully saturated rings. The van der Waals surface area contributed by atoms with Crippen LogP contribution in [0.3, 0.4) is 0 Å². The van der Waals surface area contributed by atoms with Crippen LogP contribution in [0.5, 0.6) is 17.2 Å². The molecule has 0 radical (unpaired) electrons. The fraction of sp³-hybridized carbons (Fsp3) is 0.263. The van der Waals surface area contributed by atoms with Crippen molar-refractivity contribution in [3.8, 4) is 17.2 Å². The van der Waals surface area contributed by atoms with Crippen LogP contribution in [-0.2, 0) is 4.79 Å². The lowest BCUT2D eigenvalue weighted by molar-refractivity contribution is -0.146. The Balaban J connectivity index is 1.87. The van der Waals surface area contributed by atoms with E-state index in [9.17, 15) is 4.79 Å². The lowest BCUT2D eigenvalue weighted by atomic mass is 9.96. The van der Waals surface area contributed by atoms with Gasteiger partial charge in [-0.15, -0.1) is 0 Å². The molecule has 2 aromatic carbocycles. The number of rotatable bonds is 6. The van der Waals surface area contributed by atoms with Gasteiger partial charge in [-0.1, -0.05) is 30.3 Å². The lowest BCUT2D eigenvalue weighted by Crippen LogP contribution is -2.42. The summed E-state index contributed by atoms with van der Waals surface area (Å²) in [6, 6.07) is 13.3. The van der Waals surface area contributed by atoms with E-state index in [1.165, 1.54) is 5.01 Å². The highest BCUT2D eigenvalue weighted by Crippen LogP contribution is 2.36. The second-order valence-electron chi connectivity index (χ2n) is 5.56. The van der Waals surface area contributed by atoms with E-state index in [1.54, 1.807) is 39.7 Å². The number of benzene rings is 2. The van der Waals surface area contributed by atoms with Crippen LogP contribution >= 0.6 is 0 Å². The van der Waals surface area contributed by atoms with Crippen molar-refractivity contribution >= 4 is 12.1 Å². The molecule has 3 rings (SSSR count). The first-order chi connectivity index (χ1) is 12.2. The van der Waals surface area contributed by atoms with Crippen molar-refractivity contribution in [1.82, 2.24) is 5.01 Å². The molecular weight excluding hydrogens is 320 g/mol. The van der Waals surface area contributed by atoms with Gasteiger partial charge in [-0.05, 0) is 11.6 Å². The molecule has 0 aliphatic carbocycles. The Kier molecular flexibility index (Phi) is 4.88. The minimum atomic E-state index is -0.0314. The number of nitrogens with zero attached hydrogens (tertiary/aromatic N) is 2. The third-order valence-corrected chi connectivity index (χ3v) is 4.16. The maximum Gasteiger partial charge on any atom is 0.245 e. The normalized spacial score (nSPS) is 16.7. The molecule has 2 aromatic rings. The van der Waals surface area contributed by atoms with Crippen molar-refractivity contribution < 1.29 is 19.0 Å². The number of ether oxygens (including phenoxy) is 3. The molecule has 0 N–H and O–H groups in total. The van der Waals surface area contributed by atoms with Crippen molar-refractivity contribution in [2.45, 2.75) is 12.5 Å². The van der Waals surface area contributed by atoms with Crippen LogP contribution in [0.15, 0.2) is 47.6 Å². The molecule has 1 saturated heterocycles. The molecule has 0 spiro atoms. The van der Waals surface area contributed by atoms with E-state index < -0.39 is 0 Å². The first kappa shape index (κ1) is 16.8. The minimum absolute atomic E-state index is 0.00968.